The fourth-order valence-electron chi connectivity index (χ4n) is 1.75. The van der Waals surface area contributed by atoms with Gasteiger partial charge in [0.05, 0.1) is 23.2 Å². The SMILES string of the molecule is COc1c(Cl)cc(C(=O)NC(C)c2ncc[nH]2)cc1Cl. The molecule has 2 N–H and O–H groups in total. The number of halogens is 2. The maximum Gasteiger partial charge on any atom is 0.251 e. The first-order valence-electron chi connectivity index (χ1n) is 5.86. The predicted molar refractivity (Wildman–Crippen MR) is 77.5 cm³/mol. The first kappa shape index (κ1) is 14.7. The van der Waals surface area contributed by atoms with Gasteiger partial charge in [-0.2, -0.15) is 0 Å². The lowest BCUT2D eigenvalue weighted by Gasteiger charge is -2.13. The molecule has 1 unspecified atom stereocenters. The Morgan fingerprint density at radius 1 is 1.40 bits per heavy atom. The summed E-state index contributed by atoms with van der Waals surface area (Å²) in [5, 5.41) is 3.38. The number of aromatic amines is 1. The first-order valence-corrected chi connectivity index (χ1v) is 6.61. The number of imidazole rings is 1. The molecule has 1 atom stereocenters. The first-order chi connectivity index (χ1) is 9.52. The number of benzene rings is 1. The zero-order valence-electron chi connectivity index (χ0n) is 10.9. The number of aromatic nitrogens is 2. The smallest absolute Gasteiger partial charge is 0.251 e. The second-order valence-corrected chi connectivity index (χ2v) is 4.96. The fourth-order valence-corrected chi connectivity index (χ4v) is 2.39. The second-order valence-electron chi connectivity index (χ2n) is 4.14. The van der Waals surface area contributed by atoms with Crippen molar-refractivity contribution in [3.8, 4) is 5.75 Å². The van der Waals surface area contributed by atoms with Crippen LogP contribution in [0.2, 0.25) is 10.0 Å². The number of hydrogen-bond donors (Lipinski definition) is 2. The normalized spacial score (nSPS) is 12.0. The number of ether oxygens (including phenoxy) is 1. The van der Waals surface area contributed by atoms with E-state index in [4.69, 9.17) is 27.9 Å². The van der Waals surface area contributed by atoms with E-state index in [1.807, 2.05) is 6.92 Å². The number of carbonyl (C=O) groups is 1. The number of rotatable bonds is 4. The molecule has 0 saturated heterocycles. The number of nitrogens with zero attached hydrogens (tertiary/aromatic N) is 1. The minimum Gasteiger partial charge on any atom is -0.494 e. The standard InChI is InChI=1S/C13H13Cl2N3O2/c1-7(12-16-3-4-17-12)18-13(19)8-5-9(14)11(20-2)10(15)6-8/h3-7H,1-2H3,(H,16,17)(H,18,19). The monoisotopic (exact) mass is 313 g/mol. The highest BCUT2D eigenvalue weighted by Crippen LogP contribution is 2.33. The molecule has 0 aliphatic rings. The number of methoxy groups -OCH3 is 1. The summed E-state index contributed by atoms with van der Waals surface area (Å²) in [5.41, 5.74) is 0.360. The zero-order chi connectivity index (χ0) is 14.7. The van der Waals surface area contributed by atoms with E-state index in [9.17, 15) is 4.79 Å². The van der Waals surface area contributed by atoms with E-state index in [1.165, 1.54) is 19.2 Å². The molecule has 0 saturated carbocycles. The van der Waals surface area contributed by atoms with Gasteiger partial charge >= 0.3 is 0 Å². The summed E-state index contributed by atoms with van der Waals surface area (Å²) in [5.74, 6) is 0.730. The quantitative estimate of drug-likeness (QED) is 0.910. The van der Waals surface area contributed by atoms with Crippen LogP contribution in [0.1, 0.15) is 29.1 Å². The molecule has 0 fully saturated rings. The highest BCUT2D eigenvalue weighted by Gasteiger charge is 2.16. The number of H-pyrrole nitrogens is 1. The Morgan fingerprint density at radius 3 is 2.55 bits per heavy atom. The molecule has 5 nitrogen and oxygen atoms in total. The van der Waals surface area contributed by atoms with Crippen LogP contribution in [0.15, 0.2) is 24.5 Å². The molecular weight excluding hydrogens is 301 g/mol. The van der Waals surface area contributed by atoms with Crippen LogP contribution in [0, 0.1) is 0 Å². The Hall–Kier alpha value is -1.72. The van der Waals surface area contributed by atoms with Crippen molar-refractivity contribution in [2.45, 2.75) is 13.0 Å². The van der Waals surface area contributed by atoms with Gasteiger partial charge in [-0.1, -0.05) is 23.2 Å². The highest BCUT2D eigenvalue weighted by molar-refractivity contribution is 6.37. The van der Waals surface area contributed by atoms with Gasteiger partial charge in [-0.25, -0.2) is 4.98 Å². The van der Waals surface area contributed by atoms with Gasteiger partial charge in [0.2, 0.25) is 0 Å². The Bertz CT molecular complexity index is 591. The van der Waals surface area contributed by atoms with Crippen molar-refractivity contribution >= 4 is 29.1 Å². The summed E-state index contributed by atoms with van der Waals surface area (Å²) in [7, 11) is 1.46. The molecule has 20 heavy (non-hydrogen) atoms. The lowest BCUT2D eigenvalue weighted by molar-refractivity contribution is 0.0938. The summed E-state index contributed by atoms with van der Waals surface area (Å²) >= 11 is 12.0. The van der Waals surface area contributed by atoms with Gasteiger partial charge in [0, 0.05) is 18.0 Å². The molecule has 0 bridgehead atoms. The summed E-state index contributed by atoms with van der Waals surface area (Å²) in [6, 6.07) is 2.77. The molecule has 1 aromatic heterocycles. The third-order valence-electron chi connectivity index (χ3n) is 2.74. The van der Waals surface area contributed by atoms with E-state index in [1.54, 1.807) is 12.4 Å². The van der Waals surface area contributed by atoms with Gasteiger partial charge in [-0.15, -0.1) is 0 Å². The molecule has 2 rings (SSSR count). The van der Waals surface area contributed by atoms with Gasteiger partial charge in [0.25, 0.3) is 5.91 Å². The molecule has 0 spiro atoms. The minimum absolute atomic E-state index is 0.253. The Balaban J connectivity index is 2.17. The van der Waals surface area contributed by atoms with Gasteiger partial charge in [0.15, 0.2) is 5.75 Å². The highest BCUT2D eigenvalue weighted by atomic mass is 35.5. The van der Waals surface area contributed by atoms with E-state index in [2.05, 4.69) is 15.3 Å². The molecule has 106 valence electrons. The predicted octanol–water partition coefficient (Wildman–Crippen LogP) is 3.22. The van der Waals surface area contributed by atoms with Crippen molar-refractivity contribution in [1.29, 1.82) is 0 Å². The van der Waals surface area contributed by atoms with Gasteiger partial charge < -0.3 is 15.0 Å². The van der Waals surface area contributed by atoms with Crippen molar-refractivity contribution in [3.05, 3.63) is 46.0 Å². The van der Waals surface area contributed by atoms with E-state index < -0.39 is 0 Å². The molecule has 2 aromatic rings. The average molecular weight is 314 g/mol. The van der Waals surface area contributed by atoms with Crippen LogP contribution in [0.4, 0.5) is 0 Å². The third kappa shape index (κ3) is 3.05. The molecule has 0 aliphatic carbocycles. The molecule has 0 radical (unpaired) electrons. The summed E-state index contributed by atoms with van der Waals surface area (Å²) < 4.78 is 5.04. The van der Waals surface area contributed by atoms with Crippen molar-refractivity contribution in [2.24, 2.45) is 0 Å². The summed E-state index contributed by atoms with van der Waals surface area (Å²) in [4.78, 5) is 19.2. The van der Waals surface area contributed by atoms with Gasteiger partial charge in [-0.05, 0) is 19.1 Å². The Kier molecular flexibility index (Phi) is 4.52. The summed E-state index contributed by atoms with van der Waals surface area (Å²) in [6.07, 6.45) is 3.32. The van der Waals surface area contributed by atoms with Crippen molar-refractivity contribution < 1.29 is 9.53 Å². The topological polar surface area (TPSA) is 67.0 Å². The van der Waals surface area contributed by atoms with E-state index in [0.29, 0.717) is 17.1 Å². The lowest BCUT2D eigenvalue weighted by Crippen LogP contribution is -2.27. The van der Waals surface area contributed by atoms with Crippen LogP contribution in [0.5, 0.6) is 5.75 Å². The van der Waals surface area contributed by atoms with E-state index in [-0.39, 0.29) is 22.0 Å². The van der Waals surface area contributed by atoms with Gasteiger partial charge in [-0.3, -0.25) is 4.79 Å². The molecule has 1 aromatic carbocycles. The van der Waals surface area contributed by atoms with E-state index in [0.717, 1.165) is 0 Å². The minimum atomic E-state index is -0.291. The third-order valence-corrected chi connectivity index (χ3v) is 3.30. The van der Waals surface area contributed by atoms with Gasteiger partial charge in [0.1, 0.15) is 5.82 Å². The van der Waals surface area contributed by atoms with Crippen LogP contribution in [-0.4, -0.2) is 23.0 Å². The molecule has 0 aliphatic heterocycles. The van der Waals surface area contributed by atoms with Crippen LogP contribution >= 0.6 is 23.2 Å². The lowest BCUT2D eigenvalue weighted by atomic mass is 10.2. The maximum absolute atomic E-state index is 12.1. The molecule has 1 amide bonds. The fraction of sp³-hybridized carbons (Fsp3) is 0.231. The second kappa shape index (κ2) is 6.15. The van der Waals surface area contributed by atoms with Crippen LogP contribution in [-0.2, 0) is 0 Å². The summed E-state index contributed by atoms with van der Waals surface area (Å²) in [6.45, 7) is 1.82. The van der Waals surface area contributed by atoms with Crippen molar-refractivity contribution in [1.82, 2.24) is 15.3 Å². The van der Waals surface area contributed by atoms with Crippen molar-refractivity contribution in [3.63, 3.8) is 0 Å². The largest absolute Gasteiger partial charge is 0.494 e. The maximum atomic E-state index is 12.1. The molecule has 1 heterocycles. The molecule has 7 heteroatoms. The number of nitrogens with one attached hydrogen (secondary N) is 2. The Labute approximate surface area is 126 Å². The van der Waals surface area contributed by atoms with E-state index >= 15 is 0 Å². The number of amides is 1. The van der Waals surface area contributed by atoms with Crippen LogP contribution < -0.4 is 10.1 Å². The number of carbonyl (C=O) groups excluding carboxylic acids is 1. The van der Waals surface area contributed by atoms with Crippen LogP contribution in [0.25, 0.3) is 0 Å². The average Bonchev–Trinajstić information content (AvgIpc) is 2.92. The zero-order valence-corrected chi connectivity index (χ0v) is 12.4. The number of hydrogen-bond acceptors (Lipinski definition) is 3. The Morgan fingerprint density at radius 2 is 2.05 bits per heavy atom. The molecular formula is C13H13Cl2N3O2. The van der Waals surface area contributed by atoms with Crippen LogP contribution in [0.3, 0.4) is 0 Å². The van der Waals surface area contributed by atoms with Crippen molar-refractivity contribution in [2.75, 3.05) is 7.11 Å².